The van der Waals surface area contributed by atoms with Crippen LogP contribution >= 0.6 is 11.6 Å². The fourth-order valence-electron chi connectivity index (χ4n) is 1.98. The minimum absolute atomic E-state index is 0.162. The largest absolute Gasteiger partial charge is 0.292 e. The molecule has 0 spiro atoms. The van der Waals surface area contributed by atoms with Gasteiger partial charge < -0.3 is 0 Å². The Balaban J connectivity index is 2.45. The van der Waals surface area contributed by atoms with E-state index in [0.717, 1.165) is 11.6 Å². The van der Waals surface area contributed by atoms with Gasteiger partial charge in [0.05, 0.1) is 11.6 Å². The van der Waals surface area contributed by atoms with Gasteiger partial charge in [-0.2, -0.15) is 5.26 Å². The third kappa shape index (κ3) is 2.87. The van der Waals surface area contributed by atoms with Crippen molar-refractivity contribution < 1.29 is 9.18 Å². The number of hydrogen-bond acceptors (Lipinski definition) is 2. The second-order valence-electron chi connectivity index (χ2n) is 4.46. The van der Waals surface area contributed by atoms with E-state index < -0.39 is 17.5 Å². The van der Waals surface area contributed by atoms with Gasteiger partial charge in [0.25, 0.3) is 0 Å². The Morgan fingerprint density at radius 3 is 2.70 bits per heavy atom. The van der Waals surface area contributed by atoms with Crippen molar-refractivity contribution in [2.24, 2.45) is 0 Å². The molecule has 2 rings (SSSR count). The van der Waals surface area contributed by atoms with E-state index in [-0.39, 0.29) is 10.6 Å². The van der Waals surface area contributed by atoms with Crippen LogP contribution < -0.4 is 0 Å². The molecule has 0 aliphatic rings. The highest BCUT2D eigenvalue weighted by Crippen LogP contribution is 2.24. The molecule has 0 aromatic heterocycles. The quantitative estimate of drug-likeness (QED) is 0.791. The first-order valence-corrected chi connectivity index (χ1v) is 6.36. The molecule has 0 radical (unpaired) electrons. The molecule has 2 aromatic carbocycles. The highest BCUT2D eigenvalue weighted by Gasteiger charge is 2.24. The second-order valence-corrected chi connectivity index (χ2v) is 4.90. The van der Waals surface area contributed by atoms with E-state index in [9.17, 15) is 14.4 Å². The number of carbonyl (C=O) groups excluding carboxylic acids is 1. The van der Waals surface area contributed by atoms with Crippen molar-refractivity contribution in [1.82, 2.24) is 0 Å². The molecule has 1 unspecified atom stereocenters. The second kappa shape index (κ2) is 5.85. The van der Waals surface area contributed by atoms with Gasteiger partial charge in [0.15, 0.2) is 5.78 Å². The first kappa shape index (κ1) is 14.2. The summed E-state index contributed by atoms with van der Waals surface area (Å²) in [5, 5.41) is 9.50. The number of carbonyl (C=O) groups is 1. The van der Waals surface area contributed by atoms with Crippen LogP contribution in [-0.4, -0.2) is 5.78 Å². The number of nitriles is 1. The summed E-state index contributed by atoms with van der Waals surface area (Å²) in [6.07, 6.45) is 0. The van der Waals surface area contributed by atoms with E-state index in [0.29, 0.717) is 5.56 Å². The number of hydrogen-bond donors (Lipinski definition) is 0. The lowest BCUT2D eigenvalue weighted by molar-refractivity contribution is 0.0975. The van der Waals surface area contributed by atoms with Crippen LogP contribution in [0.5, 0.6) is 0 Å². The van der Waals surface area contributed by atoms with E-state index in [2.05, 4.69) is 0 Å². The van der Waals surface area contributed by atoms with Crippen molar-refractivity contribution in [3.8, 4) is 6.07 Å². The average molecular weight is 288 g/mol. The third-order valence-electron chi connectivity index (χ3n) is 2.96. The number of benzene rings is 2. The predicted octanol–water partition coefficient (Wildman–Crippen LogP) is 4.28. The van der Waals surface area contributed by atoms with E-state index in [1.165, 1.54) is 12.1 Å². The lowest BCUT2D eigenvalue weighted by Crippen LogP contribution is -2.13. The van der Waals surface area contributed by atoms with Gasteiger partial charge in [0.2, 0.25) is 0 Å². The number of aryl methyl sites for hydroxylation is 1. The molecule has 2 aromatic rings. The molecule has 0 N–H and O–H groups in total. The summed E-state index contributed by atoms with van der Waals surface area (Å²) in [7, 11) is 0. The predicted molar refractivity (Wildman–Crippen MR) is 75.3 cm³/mol. The Morgan fingerprint density at radius 2 is 2.05 bits per heavy atom. The molecule has 0 fully saturated rings. The van der Waals surface area contributed by atoms with Gasteiger partial charge in [0.1, 0.15) is 11.7 Å². The van der Waals surface area contributed by atoms with Crippen LogP contribution in [0.2, 0.25) is 5.02 Å². The highest BCUT2D eigenvalue weighted by atomic mass is 35.5. The molecule has 2 nitrogen and oxygen atoms in total. The first-order valence-electron chi connectivity index (χ1n) is 5.98. The smallest absolute Gasteiger partial charge is 0.187 e. The Morgan fingerprint density at radius 1 is 1.30 bits per heavy atom. The lowest BCUT2D eigenvalue weighted by atomic mass is 9.91. The van der Waals surface area contributed by atoms with Crippen molar-refractivity contribution >= 4 is 17.4 Å². The van der Waals surface area contributed by atoms with Crippen LogP contribution in [0.3, 0.4) is 0 Å². The Bertz CT molecular complexity index is 706. The van der Waals surface area contributed by atoms with Gasteiger partial charge >= 0.3 is 0 Å². The molecule has 0 bridgehead atoms. The Hall–Kier alpha value is -2.18. The summed E-state index contributed by atoms with van der Waals surface area (Å²) in [6.45, 7) is 1.86. The maximum absolute atomic E-state index is 13.7. The van der Waals surface area contributed by atoms with E-state index >= 15 is 0 Å². The molecule has 0 saturated heterocycles. The zero-order chi connectivity index (χ0) is 14.7. The fourth-order valence-corrected chi connectivity index (χ4v) is 2.15. The van der Waals surface area contributed by atoms with Gasteiger partial charge in [0, 0.05) is 5.02 Å². The molecule has 100 valence electrons. The zero-order valence-electron chi connectivity index (χ0n) is 10.7. The number of ketones is 1. The Kier molecular flexibility index (Phi) is 4.16. The molecular formula is C16H11ClFNO. The van der Waals surface area contributed by atoms with E-state index in [4.69, 9.17) is 11.6 Å². The SMILES string of the molecule is Cc1cccc(C(C#N)C(=O)c2cc(Cl)ccc2F)c1. The third-order valence-corrected chi connectivity index (χ3v) is 3.20. The maximum Gasteiger partial charge on any atom is 0.187 e. The van der Waals surface area contributed by atoms with Gasteiger partial charge in [-0.25, -0.2) is 4.39 Å². The van der Waals surface area contributed by atoms with Crippen molar-refractivity contribution in [3.63, 3.8) is 0 Å². The summed E-state index contributed by atoms with van der Waals surface area (Å²) in [4.78, 5) is 12.3. The molecular weight excluding hydrogens is 277 g/mol. The normalized spacial score (nSPS) is 11.7. The number of rotatable bonds is 3. The molecule has 0 aliphatic carbocycles. The highest BCUT2D eigenvalue weighted by molar-refractivity contribution is 6.31. The fraction of sp³-hybridized carbons (Fsp3) is 0.125. The average Bonchev–Trinajstić information content (AvgIpc) is 2.42. The van der Waals surface area contributed by atoms with Gasteiger partial charge in [-0.1, -0.05) is 41.4 Å². The van der Waals surface area contributed by atoms with Crippen molar-refractivity contribution in [3.05, 3.63) is 70.0 Å². The molecule has 0 heterocycles. The number of halogens is 2. The topological polar surface area (TPSA) is 40.9 Å². The van der Waals surface area contributed by atoms with E-state index in [1.54, 1.807) is 18.2 Å². The summed E-state index contributed by atoms with van der Waals surface area (Å²) >= 11 is 5.78. The number of nitrogens with zero attached hydrogens (tertiary/aromatic N) is 1. The summed E-state index contributed by atoms with van der Waals surface area (Å²) in [5.41, 5.74) is 1.32. The zero-order valence-corrected chi connectivity index (χ0v) is 11.5. The van der Waals surface area contributed by atoms with Gasteiger partial charge in [-0.15, -0.1) is 0 Å². The summed E-state index contributed by atoms with van der Waals surface area (Å²) in [5.74, 6) is -2.30. The molecule has 0 amide bonds. The van der Waals surface area contributed by atoms with E-state index in [1.807, 2.05) is 19.1 Å². The molecule has 0 saturated carbocycles. The van der Waals surface area contributed by atoms with Crippen LogP contribution in [0.15, 0.2) is 42.5 Å². The van der Waals surface area contributed by atoms with Crippen molar-refractivity contribution in [2.45, 2.75) is 12.8 Å². The minimum Gasteiger partial charge on any atom is -0.292 e. The molecule has 4 heteroatoms. The molecule has 20 heavy (non-hydrogen) atoms. The van der Waals surface area contributed by atoms with Crippen molar-refractivity contribution in [1.29, 1.82) is 5.26 Å². The minimum atomic E-state index is -1.04. The monoisotopic (exact) mass is 287 g/mol. The molecule has 1 atom stereocenters. The van der Waals surface area contributed by atoms with Crippen LogP contribution in [0.25, 0.3) is 0 Å². The van der Waals surface area contributed by atoms with Crippen LogP contribution in [0.4, 0.5) is 4.39 Å². The first-order chi connectivity index (χ1) is 9.52. The standard InChI is InChI=1S/C16H11ClFNO/c1-10-3-2-4-11(7-10)14(9-19)16(20)13-8-12(17)5-6-15(13)18/h2-8,14H,1H3. The van der Waals surface area contributed by atoms with Crippen LogP contribution in [0, 0.1) is 24.1 Å². The van der Waals surface area contributed by atoms with Gasteiger partial charge in [-0.3, -0.25) is 4.79 Å². The Labute approximate surface area is 121 Å². The number of Topliss-reactive ketones (excluding diaryl/α,β-unsaturated/α-hetero) is 1. The summed E-state index contributed by atoms with van der Waals surface area (Å²) in [6, 6.07) is 12.7. The lowest BCUT2D eigenvalue weighted by Gasteiger charge is -2.10. The maximum atomic E-state index is 13.7. The van der Waals surface area contributed by atoms with Crippen LogP contribution in [-0.2, 0) is 0 Å². The van der Waals surface area contributed by atoms with Crippen molar-refractivity contribution in [2.75, 3.05) is 0 Å². The summed E-state index contributed by atoms with van der Waals surface area (Å²) < 4.78 is 13.7. The molecule has 0 aliphatic heterocycles. The van der Waals surface area contributed by atoms with Crippen LogP contribution in [0.1, 0.15) is 27.4 Å². The van der Waals surface area contributed by atoms with Gasteiger partial charge in [-0.05, 0) is 30.7 Å².